The molecule has 2 heterocycles. The van der Waals surface area contributed by atoms with Crippen LogP contribution >= 0.6 is 0 Å². The van der Waals surface area contributed by atoms with Gasteiger partial charge in [0.1, 0.15) is 18.1 Å². The van der Waals surface area contributed by atoms with Crippen molar-refractivity contribution in [2.24, 2.45) is 5.92 Å². The maximum Gasteiger partial charge on any atom is 0.419 e. The summed E-state index contributed by atoms with van der Waals surface area (Å²) in [4.78, 5) is 62.2. The van der Waals surface area contributed by atoms with Gasteiger partial charge in [0.05, 0.1) is 16.9 Å². The number of anilines is 4. The number of nitrogens with zero attached hydrogens (tertiary/aromatic N) is 4. The molecular formula is C40H40N4O5. The Morgan fingerprint density at radius 2 is 1.37 bits per heavy atom. The predicted molar refractivity (Wildman–Crippen MR) is 192 cm³/mol. The fraction of sp³-hybridized carbons (Fsp3) is 0.250. The zero-order chi connectivity index (χ0) is 34.9. The first-order chi connectivity index (χ1) is 23.4. The van der Waals surface area contributed by atoms with Crippen molar-refractivity contribution in [3.63, 3.8) is 0 Å². The van der Waals surface area contributed by atoms with E-state index in [1.54, 1.807) is 60.9 Å². The summed E-state index contributed by atoms with van der Waals surface area (Å²) in [5, 5.41) is 0.766. The SMILES string of the molecule is CC(C)N(C(=O)CN1C(=O)C(Cc2cc3ccccc3n2C(=O)OC(C)(C)C)C(=O)N(c2ccccc2)c2ccccc21)c1ccccc1. The Kier molecular flexibility index (Phi) is 9.10. The number of rotatable bonds is 7. The Bertz CT molecular complexity index is 2010. The molecular weight excluding hydrogens is 616 g/mol. The molecule has 9 heteroatoms. The van der Waals surface area contributed by atoms with E-state index < -0.39 is 29.4 Å². The average Bonchev–Trinajstić information content (AvgIpc) is 3.41. The number of aromatic nitrogens is 1. The van der Waals surface area contributed by atoms with E-state index in [0.29, 0.717) is 34.0 Å². The molecule has 4 aromatic carbocycles. The van der Waals surface area contributed by atoms with Crippen LogP contribution in [0.1, 0.15) is 40.3 Å². The van der Waals surface area contributed by atoms with Crippen LogP contribution in [0, 0.1) is 5.92 Å². The van der Waals surface area contributed by atoms with Gasteiger partial charge in [0.25, 0.3) is 0 Å². The van der Waals surface area contributed by atoms with Crippen molar-refractivity contribution in [3.8, 4) is 0 Å². The topological polar surface area (TPSA) is 92.2 Å². The molecule has 0 saturated heterocycles. The lowest BCUT2D eigenvalue weighted by molar-refractivity contribution is -0.132. The molecule has 1 unspecified atom stereocenters. The third kappa shape index (κ3) is 6.69. The van der Waals surface area contributed by atoms with Gasteiger partial charge in [0.2, 0.25) is 17.7 Å². The largest absolute Gasteiger partial charge is 0.443 e. The van der Waals surface area contributed by atoms with E-state index in [1.807, 2.05) is 98.8 Å². The second-order valence-corrected chi connectivity index (χ2v) is 13.4. The number of carbonyl (C=O) groups excluding carboxylic acids is 4. The molecule has 49 heavy (non-hydrogen) atoms. The molecule has 250 valence electrons. The fourth-order valence-electron chi connectivity index (χ4n) is 6.37. The van der Waals surface area contributed by atoms with E-state index >= 15 is 0 Å². The van der Waals surface area contributed by atoms with Crippen molar-refractivity contribution in [1.82, 2.24) is 4.57 Å². The summed E-state index contributed by atoms with van der Waals surface area (Å²) in [6, 6.07) is 34.6. The second-order valence-electron chi connectivity index (χ2n) is 13.4. The van der Waals surface area contributed by atoms with Crippen LogP contribution < -0.4 is 14.7 Å². The van der Waals surface area contributed by atoms with E-state index in [-0.39, 0.29) is 24.9 Å². The molecule has 1 atom stereocenters. The number of carbonyl (C=O) groups is 4. The number of ether oxygens (including phenoxy) is 1. The molecule has 6 rings (SSSR count). The number of amides is 3. The van der Waals surface area contributed by atoms with Gasteiger partial charge in [-0.2, -0.15) is 0 Å². The molecule has 0 spiro atoms. The minimum Gasteiger partial charge on any atom is -0.443 e. The van der Waals surface area contributed by atoms with Gasteiger partial charge in [0.15, 0.2) is 0 Å². The molecule has 1 aromatic heterocycles. The fourth-order valence-corrected chi connectivity index (χ4v) is 6.37. The summed E-state index contributed by atoms with van der Waals surface area (Å²) in [7, 11) is 0. The molecule has 9 nitrogen and oxygen atoms in total. The van der Waals surface area contributed by atoms with Crippen molar-refractivity contribution in [3.05, 3.63) is 121 Å². The lowest BCUT2D eigenvalue weighted by Gasteiger charge is -2.31. The van der Waals surface area contributed by atoms with E-state index in [0.717, 1.165) is 5.39 Å². The maximum atomic E-state index is 14.9. The number of benzene rings is 4. The quantitative estimate of drug-likeness (QED) is 0.167. The van der Waals surface area contributed by atoms with Crippen LogP contribution in [-0.4, -0.2) is 46.6 Å². The predicted octanol–water partition coefficient (Wildman–Crippen LogP) is 7.74. The van der Waals surface area contributed by atoms with E-state index in [9.17, 15) is 19.2 Å². The van der Waals surface area contributed by atoms with Gasteiger partial charge in [-0.3, -0.25) is 19.3 Å². The summed E-state index contributed by atoms with van der Waals surface area (Å²) in [6.45, 7) is 8.89. The van der Waals surface area contributed by atoms with Gasteiger partial charge in [-0.05, 0) is 83.1 Å². The highest BCUT2D eigenvalue weighted by molar-refractivity contribution is 6.21. The Balaban J connectivity index is 1.49. The van der Waals surface area contributed by atoms with Crippen molar-refractivity contribution in [2.75, 3.05) is 21.2 Å². The van der Waals surface area contributed by atoms with Gasteiger partial charge in [-0.1, -0.05) is 66.7 Å². The van der Waals surface area contributed by atoms with Crippen molar-refractivity contribution in [1.29, 1.82) is 0 Å². The van der Waals surface area contributed by atoms with Gasteiger partial charge >= 0.3 is 6.09 Å². The number of hydrogen-bond acceptors (Lipinski definition) is 5. The molecule has 0 radical (unpaired) electrons. The van der Waals surface area contributed by atoms with Crippen molar-refractivity contribution < 1.29 is 23.9 Å². The standard InChI is InChI=1S/C40H40N4O5/c1-27(2)42(29-17-8-6-9-18-29)36(45)26-41-34-22-14-15-23-35(34)43(30-19-10-7-11-20-30)38(47)32(37(41)46)25-31-24-28-16-12-13-21-33(28)44(31)39(48)49-40(3,4)5/h6-24,27,32H,25-26H2,1-5H3. The Hall–Kier alpha value is -5.70. The molecule has 0 fully saturated rings. The summed E-state index contributed by atoms with van der Waals surface area (Å²) >= 11 is 0. The summed E-state index contributed by atoms with van der Waals surface area (Å²) in [5.41, 5.74) is 2.46. The summed E-state index contributed by atoms with van der Waals surface area (Å²) < 4.78 is 7.23. The summed E-state index contributed by atoms with van der Waals surface area (Å²) in [5.74, 6) is -2.59. The zero-order valence-corrected chi connectivity index (χ0v) is 28.4. The highest BCUT2D eigenvalue weighted by Crippen LogP contribution is 2.40. The summed E-state index contributed by atoms with van der Waals surface area (Å²) in [6.07, 6.45) is -0.719. The first-order valence-electron chi connectivity index (χ1n) is 16.4. The Morgan fingerprint density at radius 1 is 0.776 bits per heavy atom. The van der Waals surface area contributed by atoms with E-state index in [4.69, 9.17) is 4.74 Å². The monoisotopic (exact) mass is 656 g/mol. The molecule has 0 saturated carbocycles. The lowest BCUT2D eigenvalue weighted by Crippen LogP contribution is -2.48. The van der Waals surface area contributed by atoms with E-state index in [2.05, 4.69) is 0 Å². The molecule has 0 N–H and O–H groups in total. The molecule has 0 aliphatic carbocycles. The van der Waals surface area contributed by atoms with Gasteiger partial charge in [-0.15, -0.1) is 0 Å². The zero-order valence-electron chi connectivity index (χ0n) is 28.4. The molecule has 0 bridgehead atoms. The second kappa shape index (κ2) is 13.4. The average molecular weight is 657 g/mol. The molecule has 3 amide bonds. The first kappa shape index (κ1) is 33.2. The van der Waals surface area contributed by atoms with Gasteiger partial charge in [-0.25, -0.2) is 9.36 Å². The molecule has 1 aliphatic rings. The third-order valence-corrected chi connectivity index (χ3v) is 8.40. The Labute approximate surface area is 286 Å². The minimum absolute atomic E-state index is 0.111. The van der Waals surface area contributed by atoms with Crippen molar-refractivity contribution in [2.45, 2.75) is 52.7 Å². The minimum atomic E-state index is -1.28. The number of fused-ring (bicyclic) bond motifs is 2. The van der Waals surface area contributed by atoms with Gasteiger partial charge < -0.3 is 14.5 Å². The van der Waals surface area contributed by atoms with Crippen LogP contribution in [0.15, 0.2) is 115 Å². The van der Waals surface area contributed by atoms with Crippen LogP contribution in [-0.2, 0) is 25.5 Å². The van der Waals surface area contributed by atoms with Gasteiger partial charge in [0, 0.05) is 34.9 Å². The normalized spacial score (nSPS) is 14.9. The highest BCUT2D eigenvalue weighted by atomic mass is 16.6. The number of para-hydroxylation sites is 5. The van der Waals surface area contributed by atoms with Crippen LogP contribution in [0.4, 0.5) is 27.5 Å². The first-order valence-corrected chi connectivity index (χ1v) is 16.4. The third-order valence-electron chi connectivity index (χ3n) is 8.40. The van der Waals surface area contributed by atoms with Crippen LogP contribution in [0.2, 0.25) is 0 Å². The van der Waals surface area contributed by atoms with E-state index in [1.165, 1.54) is 9.47 Å². The maximum absolute atomic E-state index is 14.9. The van der Waals surface area contributed by atoms with Crippen LogP contribution in [0.25, 0.3) is 10.9 Å². The van der Waals surface area contributed by atoms with Crippen LogP contribution in [0.3, 0.4) is 0 Å². The lowest BCUT2D eigenvalue weighted by atomic mass is 9.99. The van der Waals surface area contributed by atoms with Crippen LogP contribution in [0.5, 0.6) is 0 Å². The molecule has 1 aliphatic heterocycles. The van der Waals surface area contributed by atoms with Crippen molar-refractivity contribution >= 4 is 57.5 Å². The highest BCUT2D eigenvalue weighted by Gasteiger charge is 2.43. The smallest absolute Gasteiger partial charge is 0.419 e. The number of hydrogen-bond donors (Lipinski definition) is 0. The Morgan fingerprint density at radius 3 is 2.02 bits per heavy atom. The molecule has 5 aromatic rings.